The summed E-state index contributed by atoms with van der Waals surface area (Å²) >= 11 is 0. The van der Waals surface area contributed by atoms with Crippen LogP contribution in [0, 0.1) is 5.82 Å². The Labute approximate surface area is 151 Å². The third kappa shape index (κ3) is 3.91. The molecule has 26 heavy (non-hydrogen) atoms. The Hall–Kier alpha value is -3.15. The summed E-state index contributed by atoms with van der Waals surface area (Å²) < 4.78 is 21.3. The minimum atomic E-state index is -0.672. The number of nitrogens with zero attached hydrogens (tertiary/aromatic N) is 2. The van der Waals surface area contributed by atoms with E-state index in [0.29, 0.717) is 17.1 Å². The first kappa shape index (κ1) is 17.7. The zero-order chi connectivity index (χ0) is 18.5. The van der Waals surface area contributed by atoms with Gasteiger partial charge in [0, 0.05) is 25.0 Å². The fourth-order valence-electron chi connectivity index (χ4n) is 2.83. The van der Waals surface area contributed by atoms with Gasteiger partial charge in [0.1, 0.15) is 23.4 Å². The topological polar surface area (TPSA) is 56.1 Å². The molecule has 3 aromatic rings. The second-order valence-electron chi connectivity index (χ2n) is 5.95. The number of carbonyl (C=O) groups excluding carboxylic acids is 1. The first-order valence-corrected chi connectivity index (χ1v) is 8.22. The standard InChI is InChI=1S/C20H20FN3O2/c1-24-11-10-22-20(24)19(16-8-3-4-9-17(16)21)23-18(25)13-14-6-5-7-15(12-14)26-2/h3-12,19H,13H2,1-2H3,(H,23,25)/t19-/m0/s1. The Morgan fingerprint density at radius 3 is 2.77 bits per heavy atom. The molecule has 2 aromatic carbocycles. The molecule has 0 saturated heterocycles. The van der Waals surface area contributed by atoms with Crippen LogP contribution in [-0.4, -0.2) is 22.6 Å². The van der Waals surface area contributed by atoms with Crippen LogP contribution in [-0.2, 0) is 18.3 Å². The van der Waals surface area contributed by atoms with Gasteiger partial charge in [0.25, 0.3) is 0 Å². The number of methoxy groups -OCH3 is 1. The number of aryl methyl sites for hydroxylation is 1. The fraction of sp³-hybridized carbons (Fsp3) is 0.200. The predicted molar refractivity (Wildman–Crippen MR) is 96.3 cm³/mol. The highest BCUT2D eigenvalue weighted by Crippen LogP contribution is 2.23. The number of rotatable bonds is 6. The molecule has 0 unspecified atom stereocenters. The zero-order valence-electron chi connectivity index (χ0n) is 14.6. The van der Waals surface area contributed by atoms with Gasteiger partial charge in [-0.2, -0.15) is 0 Å². The average molecular weight is 353 g/mol. The van der Waals surface area contributed by atoms with Crippen molar-refractivity contribution in [2.75, 3.05) is 7.11 Å². The van der Waals surface area contributed by atoms with Crippen LogP contribution in [0.2, 0.25) is 0 Å². The largest absolute Gasteiger partial charge is 0.497 e. The molecule has 1 atom stereocenters. The van der Waals surface area contributed by atoms with E-state index < -0.39 is 6.04 Å². The van der Waals surface area contributed by atoms with Crippen molar-refractivity contribution in [3.05, 3.63) is 83.7 Å². The van der Waals surface area contributed by atoms with E-state index in [1.807, 2.05) is 25.2 Å². The first-order chi connectivity index (χ1) is 12.6. The van der Waals surface area contributed by atoms with E-state index in [9.17, 15) is 9.18 Å². The van der Waals surface area contributed by atoms with Gasteiger partial charge < -0.3 is 14.6 Å². The smallest absolute Gasteiger partial charge is 0.225 e. The van der Waals surface area contributed by atoms with Gasteiger partial charge in [-0.1, -0.05) is 30.3 Å². The summed E-state index contributed by atoms with van der Waals surface area (Å²) in [6.45, 7) is 0. The van der Waals surface area contributed by atoms with Crippen molar-refractivity contribution in [1.82, 2.24) is 14.9 Å². The van der Waals surface area contributed by atoms with E-state index in [1.54, 1.807) is 48.3 Å². The first-order valence-electron chi connectivity index (χ1n) is 8.22. The van der Waals surface area contributed by atoms with Crippen molar-refractivity contribution < 1.29 is 13.9 Å². The highest BCUT2D eigenvalue weighted by atomic mass is 19.1. The van der Waals surface area contributed by atoms with E-state index in [-0.39, 0.29) is 18.1 Å². The molecule has 0 aliphatic carbocycles. The summed E-state index contributed by atoms with van der Waals surface area (Å²) in [4.78, 5) is 16.9. The highest BCUT2D eigenvalue weighted by molar-refractivity contribution is 5.79. The molecule has 1 amide bonds. The number of amides is 1. The van der Waals surface area contributed by atoms with Crippen LogP contribution in [0.4, 0.5) is 4.39 Å². The number of benzene rings is 2. The van der Waals surface area contributed by atoms with Crippen LogP contribution in [0.5, 0.6) is 5.75 Å². The van der Waals surface area contributed by atoms with Crippen LogP contribution >= 0.6 is 0 Å². The summed E-state index contributed by atoms with van der Waals surface area (Å²) in [6, 6.07) is 13.0. The van der Waals surface area contributed by atoms with Gasteiger partial charge in [0.05, 0.1) is 13.5 Å². The summed E-state index contributed by atoms with van der Waals surface area (Å²) in [5, 5.41) is 2.90. The lowest BCUT2D eigenvalue weighted by Gasteiger charge is -2.20. The molecule has 1 aromatic heterocycles. The van der Waals surface area contributed by atoms with E-state index in [0.717, 1.165) is 5.56 Å². The Kier molecular flexibility index (Phi) is 5.31. The van der Waals surface area contributed by atoms with E-state index >= 15 is 0 Å². The monoisotopic (exact) mass is 353 g/mol. The molecule has 1 N–H and O–H groups in total. The molecule has 0 spiro atoms. The van der Waals surface area contributed by atoms with Crippen molar-refractivity contribution in [3.63, 3.8) is 0 Å². The molecule has 0 fully saturated rings. The molecule has 134 valence electrons. The average Bonchev–Trinajstić information content (AvgIpc) is 3.06. The van der Waals surface area contributed by atoms with Crippen LogP contribution < -0.4 is 10.1 Å². The second-order valence-corrected chi connectivity index (χ2v) is 5.95. The maximum absolute atomic E-state index is 14.3. The Balaban J connectivity index is 1.85. The number of imidazole rings is 1. The number of hydrogen-bond acceptors (Lipinski definition) is 3. The molecule has 0 aliphatic rings. The number of halogens is 1. The summed E-state index contributed by atoms with van der Waals surface area (Å²) in [6.07, 6.45) is 3.54. The van der Waals surface area contributed by atoms with Crippen molar-refractivity contribution in [3.8, 4) is 5.75 Å². The van der Waals surface area contributed by atoms with E-state index in [4.69, 9.17) is 4.74 Å². The lowest BCUT2D eigenvalue weighted by molar-refractivity contribution is -0.121. The van der Waals surface area contributed by atoms with Crippen LogP contribution in [0.1, 0.15) is 23.0 Å². The number of aromatic nitrogens is 2. The van der Waals surface area contributed by atoms with Crippen LogP contribution in [0.3, 0.4) is 0 Å². The molecule has 0 radical (unpaired) electrons. The molecular weight excluding hydrogens is 333 g/mol. The maximum Gasteiger partial charge on any atom is 0.225 e. The van der Waals surface area contributed by atoms with Crippen LogP contribution in [0.25, 0.3) is 0 Å². The van der Waals surface area contributed by atoms with Crippen LogP contribution in [0.15, 0.2) is 60.9 Å². The molecule has 6 heteroatoms. The second kappa shape index (κ2) is 7.82. The molecule has 1 heterocycles. The normalized spacial score (nSPS) is 11.8. The Morgan fingerprint density at radius 2 is 2.08 bits per heavy atom. The summed E-state index contributed by atoms with van der Waals surface area (Å²) in [5.74, 6) is 0.635. The molecule has 3 rings (SSSR count). The lowest BCUT2D eigenvalue weighted by Crippen LogP contribution is -2.32. The third-order valence-electron chi connectivity index (χ3n) is 4.14. The highest BCUT2D eigenvalue weighted by Gasteiger charge is 2.23. The number of hydrogen-bond donors (Lipinski definition) is 1. The lowest BCUT2D eigenvalue weighted by atomic mass is 10.0. The maximum atomic E-state index is 14.3. The van der Waals surface area contributed by atoms with Gasteiger partial charge in [-0.25, -0.2) is 9.37 Å². The van der Waals surface area contributed by atoms with Gasteiger partial charge in [-0.15, -0.1) is 0 Å². The summed E-state index contributed by atoms with van der Waals surface area (Å²) in [7, 11) is 3.39. The van der Waals surface area contributed by atoms with Crippen molar-refractivity contribution in [2.45, 2.75) is 12.5 Å². The van der Waals surface area contributed by atoms with Gasteiger partial charge in [0.15, 0.2) is 0 Å². The minimum Gasteiger partial charge on any atom is -0.497 e. The zero-order valence-corrected chi connectivity index (χ0v) is 14.6. The van der Waals surface area contributed by atoms with E-state index in [2.05, 4.69) is 10.3 Å². The van der Waals surface area contributed by atoms with Crippen molar-refractivity contribution >= 4 is 5.91 Å². The molecule has 0 bridgehead atoms. The van der Waals surface area contributed by atoms with Gasteiger partial charge in [-0.05, 0) is 23.8 Å². The fourth-order valence-corrected chi connectivity index (χ4v) is 2.83. The molecule has 0 saturated carbocycles. The molecule has 5 nitrogen and oxygen atoms in total. The minimum absolute atomic E-state index is 0.159. The summed E-state index contributed by atoms with van der Waals surface area (Å²) in [5.41, 5.74) is 1.19. The SMILES string of the molecule is COc1cccc(CC(=O)N[C@@H](c2ccccc2F)c2nccn2C)c1. The third-order valence-corrected chi connectivity index (χ3v) is 4.14. The Bertz CT molecular complexity index is 907. The van der Waals surface area contributed by atoms with Crippen molar-refractivity contribution in [1.29, 1.82) is 0 Å². The number of carbonyl (C=O) groups is 1. The number of ether oxygens (including phenoxy) is 1. The van der Waals surface area contributed by atoms with E-state index in [1.165, 1.54) is 6.07 Å². The Morgan fingerprint density at radius 1 is 1.27 bits per heavy atom. The van der Waals surface area contributed by atoms with Crippen molar-refractivity contribution in [2.24, 2.45) is 7.05 Å². The predicted octanol–water partition coefficient (Wildman–Crippen LogP) is 3.02. The van der Waals surface area contributed by atoms with Gasteiger partial charge in [-0.3, -0.25) is 4.79 Å². The molecular formula is C20H20FN3O2. The quantitative estimate of drug-likeness (QED) is 0.741. The van der Waals surface area contributed by atoms with Gasteiger partial charge >= 0.3 is 0 Å². The number of nitrogens with one attached hydrogen (secondary N) is 1. The molecule has 0 aliphatic heterocycles. The van der Waals surface area contributed by atoms with Gasteiger partial charge in [0.2, 0.25) is 5.91 Å².